The molecule has 1 N–H and O–H groups in total. The predicted molar refractivity (Wildman–Crippen MR) is 44.4 cm³/mol. The van der Waals surface area contributed by atoms with Gasteiger partial charge in [0.1, 0.15) is 6.29 Å². The predicted octanol–water partition coefficient (Wildman–Crippen LogP) is 1.06. The van der Waals surface area contributed by atoms with E-state index >= 15 is 0 Å². The molecule has 2 atom stereocenters. The lowest BCUT2D eigenvalue weighted by molar-refractivity contribution is -0.113. The van der Waals surface area contributed by atoms with Crippen molar-refractivity contribution in [1.82, 2.24) is 0 Å². The third-order valence-corrected chi connectivity index (χ3v) is 1.61. The van der Waals surface area contributed by atoms with Crippen LogP contribution in [0.4, 0.5) is 0 Å². The highest BCUT2D eigenvalue weighted by Gasteiger charge is 2.16. The van der Waals surface area contributed by atoms with Gasteiger partial charge in [-0.05, 0) is 25.2 Å². The Morgan fingerprint density at radius 1 is 1.73 bits per heavy atom. The van der Waals surface area contributed by atoms with Crippen molar-refractivity contribution in [2.45, 2.75) is 13.8 Å². The average molecular weight is 155 g/mol. The molecule has 0 aromatic heterocycles. The van der Waals surface area contributed by atoms with Crippen molar-refractivity contribution in [3.8, 4) is 0 Å². The number of aliphatic hydroxyl groups excluding tert-OH is 1. The summed E-state index contributed by atoms with van der Waals surface area (Å²) in [7, 11) is 0. The topological polar surface area (TPSA) is 37.3 Å². The first kappa shape index (κ1) is 10.6. The van der Waals surface area contributed by atoms with Gasteiger partial charge in [0.15, 0.2) is 0 Å². The van der Waals surface area contributed by atoms with Crippen LogP contribution in [0.5, 0.6) is 0 Å². The number of carbonyl (C=O) groups is 1. The van der Waals surface area contributed by atoms with Crippen molar-refractivity contribution in [2.75, 3.05) is 6.61 Å². The second-order valence-electron chi connectivity index (χ2n) is 2.85. The summed E-state index contributed by atoms with van der Waals surface area (Å²) in [5.41, 5.74) is 0. The SMILES string of the molecule is [CH2][C](C)[CH]C(C)C(C=O)CO. The molecule has 0 rings (SSSR count). The summed E-state index contributed by atoms with van der Waals surface area (Å²) in [5, 5.41) is 8.73. The van der Waals surface area contributed by atoms with Crippen molar-refractivity contribution >= 4 is 6.29 Å². The molecule has 0 amide bonds. The summed E-state index contributed by atoms with van der Waals surface area (Å²) in [6.07, 6.45) is 2.67. The minimum Gasteiger partial charge on any atom is -0.396 e. The Morgan fingerprint density at radius 3 is 2.55 bits per heavy atom. The van der Waals surface area contributed by atoms with E-state index in [9.17, 15) is 4.79 Å². The summed E-state index contributed by atoms with van der Waals surface area (Å²) < 4.78 is 0. The van der Waals surface area contributed by atoms with E-state index < -0.39 is 0 Å². The van der Waals surface area contributed by atoms with Gasteiger partial charge in [-0.25, -0.2) is 0 Å². The van der Waals surface area contributed by atoms with Gasteiger partial charge in [0.25, 0.3) is 0 Å². The van der Waals surface area contributed by atoms with E-state index in [1.165, 1.54) is 0 Å². The number of carbonyl (C=O) groups excluding carboxylic acids is 1. The zero-order valence-electron chi connectivity index (χ0n) is 7.08. The highest BCUT2D eigenvalue weighted by molar-refractivity contribution is 5.54. The third-order valence-electron chi connectivity index (χ3n) is 1.61. The van der Waals surface area contributed by atoms with Crippen LogP contribution in [0.2, 0.25) is 0 Å². The van der Waals surface area contributed by atoms with Crippen LogP contribution >= 0.6 is 0 Å². The fourth-order valence-corrected chi connectivity index (χ4v) is 0.906. The molecule has 0 aliphatic carbocycles. The summed E-state index contributed by atoms with van der Waals surface area (Å²) >= 11 is 0. The molecule has 0 saturated heterocycles. The number of rotatable bonds is 5. The van der Waals surface area contributed by atoms with Crippen LogP contribution in [0.3, 0.4) is 0 Å². The summed E-state index contributed by atoms with van der Waals surface area (Å²) in [4.78, 5) is 10.3. The van der Waals surface area contributed by atoms with Gasteiger partial charge in [-0.1, -0.05) is 13.8 Å². The molecule has 0 saturated carbocycles. The van der Waals surface area contributed by atoms with E-state index in [1.54, 1.807) is 0 Å². The van der Waals surface area contributed by atoms with Gasteiger partial charge in [0.2, 0.25) is 0 Å². The molecule has 0 bridgehead atoms. The van der Waals surface area contributed by atoms with Gasteiger partial charge in [-0.15, -0.1) is 0 Å². The molecule has 63 valence electrons. The Balaban J connectivity index is 3.78. The average Bonchev–Trinajstić information content (AvgIpc) is 1.88. The number of aldehydes is 1. The second kappa shape index (κ2) is 5.30. The number of hydrogen-bond acceptors (Lipinski definition) is 2. The van der Waals surface area contributed by atoms with Gasteiger partial charge in [-0.2, -0.15) is 0 Å². The van der Waals surface area contributed by atoms with E-state index in [0.717, 1.165) is 12.2 Å². The molecule has 0 aliphatic rings. The van der Waals surface area contributed by atoms with Gasteiger partial charge in [-0.3, -0.25) is 0 Å². The lowest BCUT2D eigenvalue weighted by Crippen LogP contribution is -2.19. The Kier molecular flexibility index (Phi) is 5.12. The van der Waals surface area contributed by atoms with Gasteiger partial charge >= 0.3 is 0 Å². The normalized spacial score (nSPS) is 16.5. The van der Waals surface area contributed by atoms with Crippen LogP contribution in [-0.4, -0.2) is 18.0 Å². The summed E-state index contributed by atoms with van der Waals surface area (Å²) in [6, 6.07) is 0. The van der Waals surface area contributed by atoms with Crippen LogP contribution in [0, 0.1) is 31.1 Å². The molecule has 0 aliphatic heterocycles. The van der Waals surface area contributed by atoms with Crippen LogP contribution < -0.4 is 0 Å². The van der Waals surface area contributed by atoms with Crippen molar-refractivity contribution in [3.05, 3.63) is 19.3 Å². The smallest absolute Gasteiger partial charge is 0.125 e. The minimum absolute atomic E-state index is 0.0787. The van der Waals surface area contributed by atoms with Crippen molar-refractivity contribution in [2.24, 2.45) is 11.8 Å². The fourth-order valence-electron chi connectivity index (χ4n) is 0.906. The maximum Gasteiger partial charge on any atom is 0.125 e. The largest absolute Gasteiger partial charge is 0.396 e. The van der Waals surface area contributed by atoms with Crippen molar-refractivity contribution < 1.29 is 9.90 Å². The maximum absolute atomic E-state index is 10.3. The first-order chi connectivity index (χ1) is 5.11. The molecule has 0 spiro atoms. The summed E-state index contributed by atoms with van der Waals surface area (Å²) in [5.74, 6) is 0.722. The Labute approximate surface area is 68.6 Å². The molecule has 2 heteroatoms. The van der Waals surface area contributed by atoms with Gasteiger partial charge < -0.3 is 9.90 Å². The molecule has 0 aromatic carbocycles. The fraction of sp³-hybridized carbons (Fsp3) is 0.556. The van der Waals surface area contributed by atoms with Crippen LogP contribution in [0.25, 0.3) is 0 Å². The van der Waals surface area contributed by atoms with E-state index in [0.29, 0.717) is 0 Å². The van der Waals surface area contributed by atoms with Gasteiger partial charge in [0, 0.05) is 5.92 Å². The highest BCUT2D eigenvalue weighted by atomic mass is 16.3. The van der Waals surface area contributed by atoms with E-state index in [2.05, 4.69) is 6.92 Å². The minimum atomic E-state index is -0.285. The Morgan fingerprint density at radius 2 is 2.27 bits per heavy atom. The zero-order valence-corrected chi connectivity index (χ0v) is 7.08. The molecular weight excluding hydrogens is 140 g/mol. The molecule has 3 radical (unpaired) electrons. The Hall–Kier alpha value is -0.370. The first-order valence-corrected chi connectivity index (χ1v) is 3.68. The molecule has 2 nitrogen and oxygen atoms in total. The lowest BCUT2D eigenvalue weighted by Gasteiger charge is -2.17. The lowest BCUT2D eigenvalue weighted by atomic mass is 9.88. The number of aliphatic hydroxyl groups is 1. The van der Waals surface area contributed by atoms with Crippen LogP contribution in [-0.2, 0) is 4.79 Å². The van der Waals surface area contributed by atoms with E-state index in [4.69, 9.17) is 5.11 Å². The molecular formula is C9H15O2. The van der Waals surface area contributed by atoms with E-state index in [1.807, 2.05) is 20.3 Å². The first-order valence-electron chi connectivity index (χ1n) is 3.68. The molecule has 0 heterocycles. The summed E-state index contributed by atoms with van der Waals surface area (Å²) in [6.45, 7) is 7.37. The van der Waals surface area contributed by atoms with Crippen molar-refractivity contribution in [3.63, 3.8) is 0 Å². The highest BCUT2D eigenvalue weighted by Crippen LogP contribution is 2.17. The third kappa shape index (κ3) is 4.14. The standard InChI is InChI=1S/C9H15O2/c1-7(2)4-8(3)9(5-10)6-11/h4-5,8-9,11H,1,6H2,2-3H3. The van der Waals surface area contributed by atoms with Crippen LogP contribution in [0.15, 0.2) is 0 Å². The zero-order chi connectivity index (χ0) is 8.85. The molecule has 11 heavy (non-hydrogen) atoms. The monoisotopic (exact) mass is 155 g/mol. The molecule has 2 unspecified atom stereocenters. The van der Waals surface area contributed by atoms with Crippen LogP contribution in [0.1, 0.15) is 13.8 Å². The molecule has 0 fully saturated rings. The Bertz CT molecular complexity index is 110. The van der Waals surface area contributed by atoms with Crippen molar-refractivity contribution in [1.29, 1.82) is 0 Å². The number of hydrogen-bond donors (Lipinski definition) is 1. The second-order valence-corrected chi connectivity index (χ2v) is 2.85. The maximum atomic E-state index is 10.3. The molecule has 0 aromatic rings. The quantitative estimate of drug-likeness (QED) is 0.603. The van der Waals surface area contributed by atoms with E-state index in [-0.39, 0.29) is 18.4 Å². The van der Waals surface area contributed by atoms with Gasteiger partial charge in [0.05, 0.1) is 6.61 Å².